The van der Waals surface area contributed by atoms with Crippen LogP contribution >= 0.6 is 0 Å². The second-order valence-electron chi connectivity index (χ2n) is 5.50. The van der Waals surface area contributed by atoms with Crippen LogP contribution in [0.2, 0.25) is 13.1 Å². The Bertz CT molecular complexity index is 526. The minimum Gasteiger partial charge on any atom is -0.0913 e. The number of allylic oxidation sites excluding steroid dienone is 2. The van der Waals surface area contributed by atoms with Crippen LogP contribution in [0.15, 0.2) is 72.8 Å². The van der Waals surface area contributed by atoms with E-state index in [-0.39, 0.29) is 0 Å². The minimum atomic E-state index is -1.56. The second-order valence-corrected chi connectivity index (χ2v) is 10.1. The first-order valence-electron chi connectivity index (χ1n) is 6.89. The molecule has 0 aliphatic rings. The Morgan fingerprint density at radius 1 is 0.842 bits per heavy atom. The molecule has 1 atom stereocenters. The van der Waals surface area contributed by atoms with Crippen molar-refractivity contribution < 1.29 is 0 Å². The number of rotatable bonds is 4. The van der Waals surface area contributed by atoms with Crippen molar-refractivity contribution in [2.45, 2.75) is 25.6 Å². The summed E-state index contributed by atoms with van der Waals surface area (Å²) in [6, 6.07) is 21.8. The van der Waals surface area contributed by atoms with Crippen LogP contribution in [0.3, 0.4) is 0 Å². The molecule has 0 N–H and O–H groups in total. The summed E-state index contributed by atoms with van der Waals surface area (Å²) < 4.78 is 0. The average Bonchev–Trinajstić information content (AvgIpc) is 2.46. The summed E-state index contributed by atoms with van der Waals surface area (Å²) >= 11 is 0. The quantitative estimate of drug-likeness (QED) is 0.564. The molecule has 2 aromatic carbocycles. The molecule has 0 aromatic heterocycles. The second kappa shape index (κ2) is 6.03. The molecule has 0 nitrogen and oxygen atoms in total. The molecule has 0 radical (unpaired) electrons. The van der Waals surface area contributed by atoms with Gasteiger partial charge in [-0.05, 0) is 12.5 Å². The van der Waals surface area contributed by atoms with Crippen molar-refractivity contribution in [2.24, 2.45) is 0 Å². The van der Waals surface area contributed by atoms with Gasteiger partial charge in [-0.25, -0.2) is 0 Å². The Morgan fingerprint density at radius 3 is 1.89 bits per heavy atom. The summed E-state index contributed by atoms with van der Waals surface area (Å²) in [4.78, 5) is 0. The molecule has 2 rings (SSSR count). The molecule has 0 bridgehead atoms. The van der Waals surface area contributed by atoms with Gasteiger partial charge in [0, 0.05) is 5.54 Å². The van der Waals surface area contributed by atoms with Gasteiger partial charge in [0.2, 0.25) is 0 Å². The van der Waals surface area contributed by atoms with Crippen LogP contribution < -0.4 is 5.19 Å². The molecule has 1 heteroatoms. The highest BCUT2D eigenvalue weighted by molar-refractivity contribution is 6.91. The third-order valence-electron chi connectivity index (χ3n) is 3.84. The van der Waals surface area contributed by atoms with Gasteiger partial charge in [-0.15, -0.1) is 0 Å². The first-order valence-corrected chi connectivity index (χ1v) is 9.97. The lowest BCUT2D eigenvalue weighted by Gasteiger charge is -2.31. The Balaban J connectivity index is 2.45. The van der Waals surface area contributed by atoms with Crippen LogP contribution in [-0.2, 0) is 0 Å². The third kappa shape index (κ3) is 3.05. The fourth-order valence-electron chi connectivity index (χ4n) is 2.67. The molecule has 0 aliphatic heterocycles. The highest BCUT2D eigenvalue weighted by atomic mass is 28.3. The third-order valence-corrected chi connectivity index (χ3v) is 7.74. The van der Waals surface area contributed by atoms with E-state index < -0.39 is 8.07 Å². The van der Waals surface area contributed by atoms with Crippen LogP contribution in [0.25, 0.3) is 0 Å². The van der Waals surface area contributed by atoms with E-state index in [0.29, 0.717) is 5.54 Å². The molecule has 0 spiro atoms. The summed E-state index contributed by atoms with van der Waals surface area (Å²) in [5.41, 5.74) is 1.96. The van der Waals surface area contributed by atoms with Gasteiger partial charge >= 0.3 is 0 Å². The van der Waals surface area contributed by atoms with Crippen molar-refractivity contribution in [3.05, 3.63) is 78.4 Å². The maximum absolute atomic E-state index is 2.46. The van der Waals surface area contributed by atoms with Crippen molar-refractivity contribution in [1.29, 1.82) is 0 Å². The molecule has 0 saturated heterocycles. The van der Waals surface area contributed by atoms with E-state index in [1.54, 1.807) is 0 Å². The fraction of sp³-hybridized carbons (Fsp3) is 0.222. The Hall–Kier alpha value is -1.60. The normalized spacial score (nSPS) is 13.6. The van der Waals surface area contributed by atoms with E-state index >= 15 is 0 Å². The molecule has 0 heterocycles. The van der Waals surface area contributed by atoms with E-state index in [1.165, 1.54) is 10.8 Å². The van der Waals surface area contributed by atoms with E-state index in [9.17, 15) is 0 Å². The first kappa shape index (κ1) is 13.8. The predicted octanol–water partition coefficient (Wildman–Crippen LogP) is 4.50. The van der Waals surface area contributed by atoms with Crippen molar-refractivity contribution >= 4 is 13.3 Å². The maximum Gasteiger partial charge on any atom is 0.0919 e. The zero-order chi connectivity index (χ0) is 13.7. The highest BCUT2D eigenvalue weighted by Crippen LogP contribution is 2.28. The molecule has 0 unspecified atom stereocenters. The molecular weight excluding hydrogens is 244 g/mol. The molecule has 0 saturated carbocycles. The number of hydrogen-bond donors (Lipinski definition) is 0. The smallest absolute Gasteiger partial charge is 0.0913 e. The zero-order valence-corrected chi connectivity index (χ0v) is 13.0. The van der Waals surface area contributed by atoms with Crippen LogP contribution in [0, 0.1) is 0 Å². The summed E-state index contributed by atoms with van der Waals surface area (Å²) in [7, 11) is -1.56. The zero-order valence-electron chi connectivity index (χ0n) is 12.0. The van der Waals surface area contributed by atoms with Crippen LogP contribution in [0.5, 0.6) is 0 Å². The number of benzene rings is 2. The van der Waals surface area contributed by atoms with Gasteiger partial charge < -0.3 is 0 Å². The topological polar surface area (TPSA) is 0 Å². The van der Waals surface area contributed by atoms with Gasteiger partial charge in [0.15, 0.2) is 0 Å². The lowest BCUT2D eigenvalue weighted by atomic mass is 10.1. The molecule has 19 heavy (non-hydrogen) atoms. The summed E-state index contributed by atoms with van der Waals surface area (Å²) in [5, 5.41) is 1.52. The largest absolute Gasteiger partial charge is 0.0919 e. The minimum absolute atomic E-state index is 0.529. The Morgan fingerprint density at radius 2 is 1.37 bits per heavy atom. The fourth-order valence-corrected chi connectivity index (χ4v) is 5.78. The van der Waals surface area contributed by atoms with E-state index in [0.717, 1.165) is 0 Å². The van der Waals surface area contributed by atoms with Gasteiger partial charge in [0.1, 0.15) is 0 Å². The molecule has 0 aliphatic carbocycles. The lowest BCUT2D eigenvalue weighted by molar-refractivity contribution is 1.14. The van der Waals surface area contributed by atoms with Crippen molar-refractivity contribution in [1.82, 2.24) is 0 Å². The van der Waals surface area contributed by atoms with Crippen molar-refractivity contribution in [2.75, 3.05) is 0 Å². The first-order chi connectivity index (χ1) is 9.16. The van der Waals surface area contributed by atoms with E-state index in [4.69, 9.17) is 0 Å². The van der Waals surface area contributed by atoms with Crippen molar-refractivity contribution in [3.63, 3.8) is 0 Å². The molecule has 2 aromatic rings. The van der Waals surface area contributed by atoms with Crippen LogP contribution in [0.1, 0.15) is 18.0 Å². The maximum atomic E-state index is 2.46. The molecule has 0 amide bonds. The van der Waals surface area contributed by atoms with Gasteiger partial charge in [-0.2, -0.15) is 0 Å². The molecule has 98 valence electrons. The predicted molar refractivity (Wildman–Crippen MR) is 87.6 cm³/mol. The van der Waals surface area contributed by atoms with Crippen LogP contribution in [0.4, 0.5) is 0 Å². The standard InChI is InChI=1S/C18H22Si/c1-4-11-18(16-12-7-5-8-13-16)19(2,3)17-14-9-6-10-15-17/h4-15,18H,1-3H3/b11-4+/t18-/m0/s1. The average molecular weight is 266 g/mol. The number of hydrogen-bond acceptors (Lipinski definition) is 0. The SMILES string of the molecule is C/C=C/[C@@H](c1ccccc1)[Si](C)(C)c1ccccc1. The summed E-state index contributed by atoms with van der Waals surface area (Å²) in [6.07, 6.45) is 4.56. The lowest BCUT2D eigenvalue weighted by Crippen LogP contribution is -2.47. The summed E-state index contributed by atoms with van der Waals surface area (Å²) in [6.45, 7) is 7.03. The Labute approximate surface area is 117 Å². The van der Waals surface area contributed by atoms with Crippen LogP contribution in [-0.4, -0.2) is 8.07 Å². The monoisotopic (exact) mass is 266 g/mol. The molecular formula is C18H22Si. The highest BCUT2D eigenvalue weighted by Gasteiger charge is 2.32. The Kier molecular flexibility index (Phi) is 4.38. The van der Waals surface area contributed by atoms with Crippen molar-refractivity contribution in [3.8, 4) is 0 Å². The van der Waals surface area contributed by atoms with Gasteiger partial charge in [-0.1, -0.05) is 91.1 Å². The van der Waals surface area contributed by atoms with Gasteiger partial charge in [-0.3, -0.25) is 0 Å². The van der Waals surface area contributed by atoms with Gasteiger partial charge in [0.25, 0.3) is 0 Å². The van der Waals surface area contributed by atoms with E-state index in [1.807, 2.05) is 0 Å². The molecule has 0 fully saturated rings. The van der Waals surface area contributed by atoms with E-state index in [2.05, 4.69) is 92.8 Å². The summed E-state index contributed by atoms with van der Waals surface area (Å²) in [5.74, 6) is 0. The van der Waals surface area contributed by atoms with Gasteiger partial charge in [0.05, 0.1) is 8.07 Å².